The summed E-state index contributed by atoms with van der Waals surface area (Å²) in [5.74, 6) is 0.743. The van der Waals surface area contributed by atoms with E-state index in [1.54, 1.807) is 0 Å². The van der Waals surface area contributed by atoms with E-state index in [1.807, 2.05) is 4.90 Å². The normalized spacial score (nSPS) is 36.0. The van der Waals surface area contributed by atoms with Crippen molar-refractivity contribution in [1.82, 2.24) is 10.2 Å². The van der Waals surface area contributed by atoms with Crippen molar-refractivity contribution < 1.29 is 9.59 Å². The number of likely N-dealkylation sites (tertiary alicyclic amines) is 1. The lowest BCUT2D eigenvalue weighted by atomic mass is 9.81. The predicted molar refractivity (Wildman–Crippen MR) is 75.8 cm³/mol. The number of rotatable bonds is 3. The number of nitrogens with zero attached hydrogens (tertiary/aromatic N) is 1. The second kappa shape index (κ2) is 5.02. The first-order chi connectivity index (χ1) is 9.49. The van der Waals surface area contributed by atoms with Crippen molar-refractivity contribution in [3.63, 3.8) is 0 Å². The van der Waals surface area contributed by atoms with E-state index in [4.69, 9.17) is 5.73 Å². The first kappa shape index (κ1) is 13.9. The van der Waals surface area contributed by atoms with Crippen LogP contribution in [0.1, 0.15) is 51.9 Å². The van der Waals surface area contributed by atoms with E-state index in [0.717, 1.165) is 32.1 Å². The third-order valence-electron chi connectivity index (χ3n) is 5.16. The van der Waals surface area contributed by atoms with E-state index in [0.29, 0.717) is 24.9 Å². The van der Waals surface area contributed by atoms with Crippen LogP contribution in [0.3, 0.4) is 0 Å². The molecule has 5 heteroatoms. The quantitative estimate of drug-likeness (QED) is 0.801. The van der Waals surface area contributed by atoms with E-state index >= 15 is 0 Å². The molecule has 0 aromatic heterocycles. The molecule has 0 unspecified atom stereocenters. The average molecular weight is 279 g/mol. The molecule has 0 radical (unpaired) electrons. The number of nitrogens with one attached hydrogen (secondary N) is 1. The van der Waals surface area contributed by atoms with Gasteiger partial charge < -0.3 is 16.0 Å². The van der Waals surface area contributed by atoms with Crippen molar-refractivity contribution in [1.29, 1.82) is 0 Å². The van der Waals surface area contributed by atoms with Crippen molar-refractivity contribution in [2.75, 3.05) is 6.54 Å². The standard InChI is InChI=1S/C15H25N3O2/c1-10-7-12(10)18-9-11(8-13(18)19)17-14(20)15(16)5-3-2-4-6-15/h10-12H,2-9,16H2,1H3,(H,17,20)/t10-,11+,12-/m1/s1. The minimum absolute atomic E-state index is 0.0508. The van der Waals surface area contributed by atoms with Crippen molar-refractivity contribution in [2.45, 2.75) is 69.5 Å². The second-order valence-corrected chi connectivity index (χ2v) is 6.92. The highest BCUT2D eigenvalue weighted by Gasteiger charge is 2.46. The van der Waals surface area contributed by atoms with Gasteiger partial charge in [0.05, 0.1) is 11.6 Å². The highest BCUT2D eigenvalue weighted by atomic mass is 16.2. The maximum atomic E-state index is 12.4. The average Bonchev–Trinajstić information content (AvgIpc) is 3.01. The van der Waals surface area contributed by atoms with Crippen LogP contribution < -0.4 is 11.1 Å². The molecule has 0 aromatic rings. The number of hydrogen-bond donors (Lipinski definition) is 2. The molecule has 3 aliphatic rings. The molecule has 1 saturated heterocycles. The smallest absolute Gasteiger partial charge is 0.240 e. The summed E-state index contributed by atoms with van der Waals surface area (Å²) in [6.45, 7) is 2.83. The molecule has 2 amide bonds. The molecule has 20 heavy (non-hydrogen) atoms. The lowest BCUT2D eigenvalue weighted by Crippen LogP contribution is -2.57. The summed E-state index contributed by atoms with van der Waals surface area (Å²) in [7, 11) is 0. The van der Waals surface area contributed by atoms with Gasteiger partial charge in [0.25, 0.3) is 0 Å². The third kappa shape index (κ3) is 2.55. The first-order valence-electron chi connectivity index (χ1n) is 7.89. The SMILES string of the molecule is C[C@@H]1C[C@H]1N1C[C@@H](NC(=O)C2(N)CCCCC2)CC1=O. The van der Waals surface area contributed by atoms with Gasteiger partial charge in [-0.25, -0.2) is 0 Å². The first-order valence-corrected chi connectivity index (χ1v) is 7.89. The number of hydrogen-bond acceptors (Lipinski definition) is 3. The Morgan fingerprint density at radius 1 is 1.35 bits per heavy atom. The minimum atomic E-state index is -0.707. The van der Waals surface area contributed by atoms with E-state index < -0.39 is 5.54 Å². The summed E-state index contributed by atoms with van der Waals surface area (Å²) < 4.78 is 0. The number of amides is 2. The van der Waals surface area contributed by atoms with Crippen molar-refractivity contribution in [2.24, 2.45) is 11.7 Å². The summed E-state index contributed by atoms with van der Waals surface area (Å²) in [6, 6.07) is 0.357. The molecular weight excluding hydrogens is 254 g/mol. The molecule has 3 atom stereocenters. The summed E-state index contributed by atoms with van der Waals surface area (Å²) >= 11 is 0. The Kier molecular flexibility index (Phi) is 3.48. The zero-order valence-electron chi connectivity index (χ0n) is 12.2. The number of nitrogens with two attached hydrogens (primary N) is 1. The van der Waals surface area contributed by atoms with E-state index in [-0.39, 0.29) is 17.9 Å². The molecule has 3 N–H and O–H groups in total. The molecular formula is C15H25N3O2. The van der Waals surface area contributed by atoms with Crippen LogP contribution in [-0.4, -0.2) is 40.9 Å². The summed E-state index contributed by atoms with van der Waals surface area (Å²) in [6.07, 6.45) is 6.30. The zero-order chi connectivity index (χ0) is 14.3. The van der Waals surface area contributed by atoms with Crippen LogP contribution in [0.15, 0.2) is 0 Å². The van der Waals surface area contributed by atoms with Gasteiger partial charge in [-0.05, 0) is 25.2 Å². The number of carbonyl (C=O) groups excluding carboxylic acids is 2. The van der Waals surface area contributed by atoms with Gasteiger partial charge in [0, 0.05) is 19.0 Å². The van der Waals surface area contributed by atoms with Crippen LogP contribution in [-0.2, 0) is 9.59 Å². The van der Waals surface area contributed by atoms with Gasteiger partial charge in [-0.2, -0.15) is 0 Å². The summed E-state index contributed by atoms with van der Waals surface area (Å²) in [5, 5.41) is 3.02. The van der Waals surface area contributed by atoms with Gasteiger partial charge in [0.15, 0.2) is 0 Å². The minimum Gasteiger partial charge on any atom is -0.349 e. The Labute approximate surface area is 120 Å². The Bertz CT molecular complexity index is 417. The van der Waals surface area contributed by atoms with Gasteiger partial charge in [-0.1, -0.05) is 26.2 Å². The molecule has 3 fully saturated rings. The Morgan fingerprint density at radius 2 is 2.00 bits per heavy atom. The Morgan fingerprint density at radius 3 is 2.60 bits per heavy atom. The molecule has 1 aliphatic heterocycles. The Hall–Kier alpha value is -1.10. The highest BCUT2D eigenvalue weighted by molar-refractivity contribution is 5.88. The lowest BCUT2D eigenvalue weighted by molar-refractivity contribution is -0.128. The summed E-state index contributed by atoms with van der Waals surface area (Å²) in [4.78, 5) is 26.3. The molecule has 3 rings (SSSR count). The van der Waals surface area contributed by atoms with Gasteiger partial charge in [-0.3, -0.25) is 9.59 Å². The van der Waals surface area contributed by atoms with E-state index in [9.17, 15) is 9.59 Å². The van der Waals surface area contributed by atoms with Crippen molar-refractivity contribution in [3.8, 4) is 0 Å². The van der Waals surface area contributed by atoms with Gasteiger partial charge in [0.1, 0.15) is 0 Å². The molecule has 5 nitrogen and oxygen atoms in total. The fourth-order valence-electron chi connectivity index (χ4n) is 3.62. The lowest BCUT2D eigenvalue weighted by Gasteiger charge is -2.32. The van der Waals surface area contributed by atoms with Crippen LogP contribution in [0.25, 0.3) is 0 Å². The zero-order valence-corrected chi connectivity index (χ0v) is 12.2. The van der Waals surface area contributed by atoms with Crippen LogP contribution in [0.4, 0.5) is 0 Å². The molecule has 2 aliphatic carbocycles. The molecule has 2 saturated carbocycles. The Balaban J connectivity index is 1.56. The van der Waals surface area contributed by atoms with Crippen LogP contribution in [0, 0.1) is 5.92 Å². The van der Waals surface area contributed by atoms with Gasteiger partial charge >= 0.3 is 0 Å². The van der Waals surface area contributed by atoms with Gasteiger partial charge in [0.2, 0.25) is 11.8 Å². The molecule has 0 aromatic carbocycles. The van der Waals surface area contributed by atoms with Crippen LogP contribution >= 0.6 is 0 Å². The highest BCUT2D eigenvalue weighted by Crippen LogP contribution is 2.37. The summed E-state index contributed by atoms with van der Waals surface area (Å²) in [5.41, 5.74) is 5.53. The van der Waals surface area contributed by atoms with Crippen molar-refractivity contribution >= 4 is 11.8 Å². The second-order valence-electron chi connectivity index (χ2n) is 6.92. The maximum absolute atomic E-state index is 12.4. The molecule has 1 heterocycles. The number of carbonyl (C=O) groups is 2. The molecule has 0 spiro atoms. The van der Waals surface area contributed by atoms with E-state index in [1.165, 1.54) is 6.42 Å². The van der Waals surface area contributed by atoms with E-state index in [2.05, 4.69) is 12.2 Å². The van der Waals surface area contributed by atoms with Crippen LogP contribution in [0.2, 0.25) is 0 Å². The van der Waals surface area contributed by atoms with Gasteiger partial charge in [-0.15, -0.1) is 0 Å². The predicted octanol–water partition coefficient (Wildman–Crippen LogP) is 0.773. The fourth-order valence-corrected chi connectivity index (χ4v) is 3.62. The van der Waals surface area contributed by atoms with Crippen molar-refractivity contribution in [3.05, 3.63) is 0 Å². The molecule has 112 valence electrons. The topological polar surface area (TPSA) is 75.4 Å². The fraction of sp³-hybridized carbons (Fsp3) is 0.867. The third-order valence-corrected chi connectivity index (χ3v) is 5.16. The molecule has 0 bridgehead atoms. The monoisotopic (exact) mass is 279 g/mol. The van der Waals surface area contributed by atoms with Crippen LogP contribution in [0.5, 0.6) is 0 Å². The largest absolute Gasteiger partial charge is 0.349 e. The maximum Gasteiger partial charge on any atom is 0.240 e.